The van der Waals surface area contributed by atoms with Gasteiger partial charge in [0.2, 0.25) is 0 Å². The minimum atomic E-state index is 0.692. The maximum Gasteiger partial charge on any atom is 0.162 e. The van der Waals surface area contributed by atoms with Crippen LogP contribution in [0.1, 0.15) is 25.7 Å². The van der Waals surface area contributed by atoms with E-state index in [-0.39, 0.29) is 0 Å². The van der Waals surface area contributed by atoms with Crippen molar-refractivity contribution >= 4 is 5.69 Å². The van der Waals surface area contributed by atoms with E-state index in [2.05, 4.69) is 4.90 Å². The van der Waals surface area contributed by atoms with Crippen molar-refractivity contribution in [1.29, 1.82) is 0 Å². The van der Waals surface area contributed by atoms with Crippen LogP contribution in [0.5, 0.6) is 11.5 Å². The number of hydrogen-bond donors (Lipinski definition) is 1. The first-order chi connectivity index (χ1) is 9.29. The number of nitrogens with two attached hydrogens (primary N) is 1. The molecule has 0 spiro atoms. The molecule has 2 rings (SSSR count). The van der Waals surface area contributed by atoms with Crippen molar-refractivity contribution in [2.24, 2.45) is 0 Å². The van der Waals surface area contributed by atoms with Crippen molar-refractivity contribution < 1.29 is 9.47 Å². The van der Waals surface area contributed by atoms with Crippen LogP contribution < -0.4 is 15.2 Å². The number of likely N-dealkylation sites (tertiary alicyclic amines) is 1. The molecule has 0 unspecified atom stereocenters. The summed E-state index contributed by atoms with van der Waals surface area (Å²) < 4.78 is 11.0. The summed E-state index contributed by atoms with van der Waals surface area (Å²) in [6.07, 6.45) is 5.11. The van der Waals surface area contributed by atoms with Crippen LogP contribution in [-0.4, -0.2) is 38.3 Å². The SMILES string of the molecule is COc1cc(N)ccc1OCCCN1CCCCC1. The number of rotatable bonds is 6. The second-order valence-corrected chi connectivity index (χ2v) is 5.01. The van der Waals surface area contributed by atoms with Gasteiger partial charge in [-0.05, 0) is 44.5 Å². The van der Waals surface area contributed by atoms with Gasteiger partial charge in [-0.3, -0.25) is 0 Å². The fourth-order valence-electron chi connectivity index (χ4n) is 2.46. The smallest absolute Gasteiger partial charge is 0.162 e. The van der Waals surface area contributed by atoms with Crippen LogP contribution in [-0.2, 0) is 0 Å². The number of ether oxygens (including phenoxy) is 2. The van der Waals surface area contributed by atoms with E-state index in [0.29, 0.717) is 11.4 Å². The molecule has 1 saturated heterocycles. The van der Waals surface area contributed by atoms with Crippen molar-refractivity contribution in [3.05, 3.63) is 18.2 Å². The lowest BCUT2D eigenvalue weighted by Crippen LogP contribution is -2.31. The molecule has 1 aromatic carbocycles. The molecule has 0 amide bonds. The Morgan fingerprint density at radius 1 is 1.16 bits per heavy atom. The van der Waals surface area contributed by atoms with Crippen LogP contribution in [0.15, 0.2) is 18.2 Å². The molecule has 0 atom stereocenters. The Morgan fingerprint density at radius 3 is 2.68 bits per heavy atom. The van der Waals surface area contributed by atoms with Crippen LogP contribution in [0.3, 0.4) is 0 Å². The Hall–Kier alpha value is -1.42. The molecule has 0 radical (unpaired) electrons. The average Bonchev–Trinajstić information content (AvgIpc) is 2.46. The first-order valence-electron chi connectivity index (χ1n) is 7.08. The highest BCUT2D eigenvalue weighted by atomic mass is 16.5. The fraction of sp³-hybridized carbons (Fsp3) is 0.600. The number of methoxy groups -OCH3 is 1. The normalized spacial score (nSPS) is 16.3. The van der Waals surface area contributed by atoms with Crippen LogP contribution in [0.4, 0.5) is 5.69 Å². The molecule has 1 aromatic rings. The molecule has 1 heterocycles. The van der Waals surface area contributed by atoms with Crippen molar-refractivity contribution in [2.45, 2.75) is 25.7 Å². The van der Waals surface area contributed by atoms with Gasteiger partial charge >= 0.3 is 0 Å². The molecule has 2 N–H and O–H groups in total. The highest BCUT2D eigenvalue weighted by Crippen LogP contribution is 2.28. The zero-order valence-electron chi connectivity index (χ0n) is 11.7. The average molecular weight is 264 g/mol. The molecule has 0 saturated carbocycles. The highest BCUT2D eigenvalue weighted by Gasteiger charge is 2.09. The molecule has 1 fully saturated rings. The van der Waals surface area contributed by atoms with Gasteiger partial charge in [-0.25, -0.2) is 0 Å². The van der Waals surface area contributed by atoms with E-state index in [9.17, 15) is 0 Å². The van der Waals surface area contributed by atoms with E-state index in [1.54, 1.807) is 13.2 Å². The monoisotopic (exact) mass is 264 g/mol. The third kappa shape index (κ3) is 4.31. The summed E-state index contributed by atoms with van der Waals surface area (Å²) in [7, 11) is 1.63. The molecule has 4 nitrogen and oxygen atoms in total. The Kier molecular flexibility index (Phi) is 5.33. The van der Waals surface area contributed by atoms with Crippen molar-refractivity contribution in [3.8, 4) is 11.5 Å². The third-order valence-corrected chi connectivity index (χ3v) is 3.51. The van der Waals surface area contributed by atoms with Crippen LogP contribution in [0, 0.1) is 0 Å². The maximum atomic E-state index is 5.77. The molecule has 0 bridgehead atoms. The number of nitrogen functional groups attached to an aromatic ring is 1. The van der Waals surface area contributed by atoms with Gasteiger partial charge in [0.05, 0.1) is 13.7 Å². The van der Waals surface area contributed by atoms with Crippen molar-refractivity contribution in [3.63, 3.8) is 0 Å². The highest BCUT2D eigenvalue weighted by molar-refractivity contribution is 5.51. The number of hydrogen-bond acceptors (Lipinski definition) is 4. The molecular formula is C15H24N2O2. The fourth-order valence-corrected chi connectivity index (χ4v) is 2.46. The summed E-state index contributed by atoms with van der Waals surface area (Å²) in [6.45, 7) is 4.32. The van der Waals surface area contributed by atoms with E-state index in [1.807, 2.05) is 12.1 Å². The standard InChI is InChI=1S/C15H24N2O2/c1-18-15-12-13(16)6-7-14(15)19-11-5-10-17-8-3-2-4-9-17/h6-7,12H,2-5,8-11,16H2,1H3. The van der Waals surface area contributed by atoms with E-state index in [4.69, 9.17) is 15.2 Å². The summed E-state index contributed by atoms with van der Waals surface area (Å²) in [5.41, 5.74) is 6.41. The molecule has 4 heteroatoms. The van der Waals surface area contributed by atoms with E-state index in [0.717, 1.165) is 25.3 Å². The second-order valence-electron chi connectivity index (χ2n) is 5.01. The molecule has 1 aliphatic rings. The van der Waals surface area contributed by atoms with E-state index < -0.39 is 0 Å². The van der Waals surface area contributed by atoms with E-state index >= 15 is 0 Å². The summed E-state index contributed by atoms with van der Waals surface area (Å²) in [5, 5.41) is 0. The van der Waals surface area contributed by atoms with Crippen LogP contribution in [0.25, 0.3) is 0 Å². The summed E-state index contributed by atoms with van der Waals surface area (Å²) in [4.78, 5) is 2.52. The molecule has 0 aliphatic carbocycles. The topological polar surface area (TPSA) is 47.7 Å². The Bertz CT molecular complexity index is 390. The minimum Gasteiger partial charge on any atom is -0.493 e. The maximum absolute atomic E-state index is 5.77. The first-order valence-corrected chi connectivity index (χ1v) is 7.08. The quantitative estimate of drug-likeness (QED) is 0.633. The number of anilines is 1. The third-order valence-electron chi connectivity index (χ3n) is 3.51. The first kappa shape index (κ1) is 14.0. The Morgan fingerprint density at radius 2 is 1.95 bits per heavy atom. The zero-order chi connectivity index (χ0) is 13.5. The molecule has 1 aliphatic heterocycles. The van der Waals surface area contributed by atoms with Crippen LogP contribution in [0.2, 0.25) is 0 Å². The van der Waals surface area contributed by atoms with Gasteiger partial charge in [-0.1, -0.05) is 6.42 Å². The number of piperidine rings is 1. The number of benzene rings is 1. The lowest BCUT2D eigenvalue weighted by atomic mass is 10.1. The minimum absolute atomic E-state index is 0.692. The Labute approximate surface area is 115 Å². The van der Waals surface area contributed by atoms with Gasteiger partial charge in [0.15, 0.2) is 11.5 Å². The number of nitrogens with zero attached hydrogens (tertiary/aromatic N) is 1. The lowest BCUT2D eigenvalue weighted by Gasteiger charge is -2.26. The Balaban J connectivity index is 1.73. The molecular weight excluding hydrogens is 240 g/mol. The largest absolute Gasteiger partial charge is 0.493 e. The molecule has 106 valence electrons. The predicted octanol–water partition coefficient (Wildman–Crippen LogP) is 2.53. The lowest BCUT2D eigenvalue weighted by molar-refractivity contribution is 0.203. The van der Waals surface area contributed by atoms with Gasteiger partial charge in [-0.2, -0.15) is 0 Å². The van der Waals surface area contributed by atoms with Gasteiger partial charge in [-0.15, -0.1) is 0 Å². The van der Waals surface area contributed by atoms with Crippen LogP contribution >= 0.6 is 0 Å². The predicted molar refractivity (Wildman–Crippen MR) is 77.8 cm³/mol. The summed E-state index contributed by atoms with van der Waals surface area (Å²) in [6, 6.07) is 5.50. The molecule has 0 aromatic heterocycles. The summed E-state index contributed by atoms with van der Waals surface area (Å²) >= 11 is 0. The van der Waals surface area contributed by atoms with Gasteiger partial charge in [0.25, 0.3) is 0 Å². The van der Waals surface area contributed by atoms with Gasteiger partial charge in [0.1, 0.15) is 0 Å². The van der Waals surface area contributed by atoms with E-state index in [1.165, 1.54) is 32.4 Å². The van der Waals surface area contributed by atoms with Gasteiger partial charge in [0, 0.05) is 18.3 Å². The summed E-state index contributed by atoms with van der Waals surface area (Å²) in [5.74, 6) is 1.48. The van der Waals surface area contributed by atoms with Crippen molar-refractivity contribution in [2.75, 3.05) is 39.1 Å². The van der Waals surface area contributed by atoms with Gasteiger partial charge < -0.3 is 20.1 Å². The second kappa shape index (κ2) is 7.24. The van der Waals surface area contributed by atoms with Crippen molar-refractivity contribution in [1.82, 2.24) is 4.90 Å². The molecule has 19 heavy (non-hydrogen) atoms. The zero-order valence-corrected chi connectivity index (χ0v) is 11.7.